The highest BCUT2D eigenvalue weighted by molar-refractivity contribution is 5.22. The van der Waals surface area contributed by atoms with Gasteiger partial charge in [-0.05, 0) is 57.2 Å². The number of methoxy groups -OCH3 is 1. The Bertz CT molecular complexity index is 523. The van der Waals surface area contributed by atoms with Crippen molar-refractivity contribution < 1.29 is 9.47 Å². The SMILES string of the molecule is COCCN1CCC(CN(Cc2cccc(C)c2)CC2CCCO2)CC1. The second-order valence-electron chi connectivity index (χ2n) is 8.10. The fourth-order valence-electron chi connectivity index (χ4n) is 4.33. The Hall–Kier alpha value is -0.940. The highest BCUT2D eigenvalue weighted by atomic mass is 16.5. The minimum Gasteiger partial charge on any atom is -0.383 e. The summed E-state index contributed by atoms with van der Waals surface area (Å²) in [6.07, 6.45) is 5.49. The first-order valence-electron chi connectivity index (χ1n) is 10.3. The number of piperidine rings is 1. The molecule has 26 heavy (non-hydrogen) atoms. The fraction of sp³-hybridized carbons (Fsp3) is 0.727. The van der Waals surface area contributed by atoms with Crippen molar-refractivity contribution in [3.63, 3.8) is 0 Å². The van der Waals surface area contributed by atoms with Crippen molar-refractivity contribution in [2.45, 2.75) is 45.3 Å². The first-order chi connectivity index (χ1) is 12.7. The minimum atomic E-state index is 0.432. The lowest BCUT2D eigenvalue weighted by Crippen LogP contribution is -2.41. The summed E-state index contributed by atoms with van der Waals surface area (Å²) >= 11 is 0. The van der Waals surface area contributed by atoms with Gasteiger partial charge in [0.1, 0.15) is 0 Å². The van der Waals surface area contributed by atoms with Crippen molar-refractivity contribution in [2.75, 3.05) is 53.0 Å². The molecule has 1 atom stereocenters. The lowest BCUT2D eigenvalue weighted by Gasteiger charge is -2.35. The van der Waals surface area contributed by atoms with Crippen LogP contribution in [-0.4, -0.2) is 69.0 Å². The Morgan fingerprint density at radius 2 is 2.04 bits per heavy atom. The lowest BCUT2D eigenvalue weighted by atomic mass is 9.95. The maximum Gasteiger partial charge on any atom is 0.0702 e. The van der Waals surface area contributed by atoms with Gasteiger partial charge in [0.15, 0.2) is 0 Å². The number of benzene rings is 1. The number of hydrogen-bond acceptors (Lipinski definition) is 4. The number of hydrogen-bond donors (Lipinski definition) is 0. The van der Waals surface area contributed by atoms with E-state index < -0.39 is 0 Å². The molecular weight excluding hydrogens is 324 g/mol. The molecular formula is C22H36N2O2. The van der Waals surface area contributed by atoms with Gasteiger partial charge in [-0.15, -0.1) is 0 Å². The topological polar surface area (TPSA) is 24.9 Å². The molecule has 146 valence electrons. The van der Waals surface area contributed by atoms with E-state index in [-0.39, 0.29) is 0 Å². The van der Waals surface area contributed by atoms with Gasteiger partial charge in [-0.25, -0.2) is 0 Å². The molecule has 2 aliphatic heterocycles. The van der Waals surface area contributed by atoms with Crippen LogP contribution in [-0.2, 0) is 16.0 Å². The van der Waals surface area contributed by atoms with Crippen molar-refractivity contribution in [3.8, 4) is 0 Å². The molecule has 2 saturated heterocycles. The maximum absolute atomic E-state index is 5.93. The minimum absolute atomic E-state index is 0.432. The van der Waals surface area contributed by atoms with Crippen LogP contribution < -0.4 is 0 Å². The Labute approximate surface area is 159 Å². The highest BCUT2D eigenvalue weighted by Crippen LogP contribution is 2.22. The summed E-state index contributed by atoms with van der Waals surface area (Å²) < 4.78 is 11.2. The van der Waals surface area contributed by atoms with E-state index in [1.165, 1.54) is 56.4 Å². The predicted molar refractivity (Wildman–Crippen MR) is 106 cm³/mol. The molecule has 0 saturated carbocycles. The third-order valence-corrected chi connectivity index (χ3v) is 5.81. The van der Waals surface area contributed by atoms with E-state index in [9.17, 15) is 0 Å². The summed E-state index contributed by atoms with van der Waals surface area (Å²) in [6, 6.07) is 8.96. The summed E-state index contributed by atoms with van der Waals surface area (Å²) in [6.45, 7) is 10.8. The summed E-state index contributed by atoms with van der Waals surface area (Å²) in [4.78, 5) is 5.20. The lowest BCUT2D eigenvalue weighted by molar-refractivity contribution is 0.0552. The van der Waals surface area contributed by atoms with Crippen LogP contribution >= 0.6 is 0 Å². The van der Waals surface area contributed by atoms with Gasteiger partial charge in [0, 0.05) is 39.9 Å². The number of rotatable bonds is 9. The van der Waals surface area contributed by atoms with Crippen LogP contribution in [0.5, 0.6) is 0 Å². The summed E-state index contributed by atoms with van der Waals surface area (Å²) in [5, 5.41) is 0. The molecule has 0 N–H and O–H groups in total. The normalized spacial score (nSPS) is 22.3. The molecule has 4 nitrogen and oxygen atoms in total. The second-order valence-corrected chi connectivity index (χ2v) is 8.10. The van der Waals surface area contributed by atoms with E-state index in [1.807, 2.05) is 0 Å². The molecule has 1 aromatic rings. The van der Waals surface area contributed by atoms with Gasteiger partial charge in [0.2, 0.25) is 0 Å². The first-order valence-corrected chi connectivity index (χ1v) is 10.3. The standard InChI is InChI=1S/C22H36N2O2/c1-19-5-3-6-21(15-19)17-24(18-22-7-4-13-26-22)16-20-8-10-23(11-9-20)12-14-25-2/h3,5-6,15,20,22H,4,7-14,16-18H2,1-2H3. The molecule has 2 fully saturated rings. The quantitative estimate of drug-likeness (QED) is 0.674. The molecule has 1 unspecified atom stereocenters. The molecule has 0 aromatic heterocycles. The van der Waals surface area contributed by atoms with Crippen LogP contribution in [0.3, 0.4) is 0 Å². The largest absolute Gasteiger partial charge is 0.383 e. The van der Waals surface area contributed by atoms with E-state index in [4.69, 9.17) is 9.47 Å². The zero-order valence-corrected chi connectivity index (χ0v) is 16.7. The van der Waals surface area contributed by atoms with E-state index in [2.05, 4.69) is 41.0 Å². The molecule has 0 bridgehead atoms. The fourth-order valence-corrected chi connectivity index (χ4v) is 4.33. The van der Waals surface area contributed by atoms with E-state index in [1.54, 1.807) is 7.11 Å². The third kappa shape index (κ3) is 6.34. The average molecular weight is 361 g/mol. The van der Waals surface area contributed by atoms with Gasteiger partial charge in [0.25, 0.3) is 0 Å². The van der Waals surface area contributed by atoms with Crippen molar-refractivity contribution in [2.24, 2.45) is 5.92 Å². The molecule has 3 rings (SSSR count). The van der Waals surface area contributed by atoms with E-state index >= 15 is 0 Å². The second kappa shape index (κ2) is 10.4. The Kier molecular flexibility index (Phi) is 7.93. The number of ether oxygens (including phenoxy) is 2. The van der Waals surface area contributed by atoms with Gasteiger partial charge < -0.3 is 14.4 Å². The molecule has 0 radical (unpaired) electrons. The third-order valence-electron chi connectivity index (χ3n) is 5.81. The Morgan fingerprint density at radius 3 is 2.73 bits per heavy atom. The first kappa shape index (κ1) is 19.8. The highest BCUT2D eigenvalue weighted by Gasteiger charge is 2.24. The van der Waals surface area contributed by atoms with Gasteiger partial charge in [-0.3, -0.25) is 4.90 Å². The van der Waals surface area contributed by atoms with Crippen LogP contribution in [0.4, 0.5) is 0 Å². The van der Waals surface area contributed by atoms with Crippen LogP contribution in [0.15, 0.2) is 24.3 Å². The zero-order valence-electron chi connectivity index (χ0n) is 16.7. The molecule has 4 heteroatoms. The number of likely N-dealkylation sites (tertiary alicyclic amines) is 1. The van der Waals surface area contributed by atoms with Gasteiger partial charge in [-0.2, -0.15) is 0 Å². The van der Waals surface area contributed by atoms with Crippen molar-refractivity contribution in [1.82, 2.24) is 9.80 Å². The number of aryl methyl sites for hydroxylation is 1. The molecule has 2 aliphatic rings. The monoisotopic (exact) mass is 360 g/mol. The Balaban J connectivity index is 1.53. The van der Waals surface area contributed by atoms with Crippen LogP contribution in [0.1, 0.15) is 36.8 Å². The van der Waals surface area contributed by atoms with Gasteiger partial charge in [0.05, 0.1) is 12.7 Å². The summed E-state index contributed by atoms with van der Waals surface area (Å²) in [5.41, 5.74) is 2.78. The molecule has 1 aromatic carbocycles. The number of nitrogens with zero attached hydrogens (tertiary/aromatic N) is 2. The van der Waals surface area contributed by atoms with Crippen molar-refractivity contribution in [3.05, 3.63) is 35.4 Å². The van der Waals surface area contributed by atoms with Crippen LogP contribution in [0.25, 0.3) is 0 Å². The van der Waals surface area contributed by atoms with Gasteiger partial charge in [-0.1, -0.05) is 29.8 Å². The average Bonchev–Trinajstić information content (AvgIpc) is 3.14. The maximum atomic E-state index is 5.93. The summed E-state index contributed by atoms with van der Waals surface area (Å²) in [7, 11) is 1.79. The zero-order chi connectivity index (χ0) is 18.2. The van der Waals surface area contributed by atoms with E-state index in [0.717, 1.165) is 38.8 Å². The van der Waals surface area contributed by atoms with Crippen molar-refractivity contribution >= 4 is 0 Å². The predicted octanol–water partition coefficient (Wildman–Crippen LogP) is 3.33. The smallest absolute Gasteiger partial charge is 0.0702 e. The molecule has 0 amide bonds. The van der Waals surface area contributed by atoms with Crippen molar-refractivity contribution in [1.29, 1.82) is 0 Å². The molecule has 0 aliphatic carbocycles. The van der Waals surface area contributed by atoms with Crippen LogP contribution in [0, 0.1) is 12.8 Å². The Morgan fingerprint density at radius 1 is 1.19 bits per heavy atom. The molecule has 2 heterocycles. The van der Waals surface area contributed by atoms with E-state index in [0.29, 0.717) is 6.10 Å². The molecule has 0 spiro atoms. The van der Waals surface area contributed by atoms with Gasteiger partial charge >= 0.3 is 0 Å². The van der Waals surface area contributed by atoms with Crippen LogP contribution in [0.2, 0.25) is 0 Å². The summed E-state index contributed by atoms with van der Waals surface area (Å²) in [5.74, 6) is 0.806.